The smallest absolute Gasteiger partial charge is 0.186 e. The van der Waals surface area contributed by atoms with Gasteiger partial charge in [0.15, 0.2) is 5.13 Å². The minimum atomic E-state index is 0.120. The highest BCUT2D eigenvalue weighted by Crippen LogP contribution is 2.45. The lowest BCUT2D eigenvalue weighted by atomic mass is 9.79. The zero-order valence-electron chi connectivity index (χ0n) is 21.1. The molecule has 0 amide bonds. The van der Waals surface area contributed by atoms with Crippen LogP contribution in [0.15, 0.2) is 36.5 Å². The molecule has 0 spiro atoms. The van der Waals surface area contributed by atoms with Crippen molar-refractivity contribution in [1.82, 2.24) is 20.1 Å². The Morgan fingerprint density at radius 3 is 2.47 bits per heavy atom. The van der Waals surface area contributed by atoms with E-state index < -0.39 is 0 Å². The third-order valence-electron chi connectivity index (χ3n) is 7.50. The van der Waals surface area contributed by atoms with Gasteiger partial charge in [-0.2, -0.15) is 5.10 Å². The molecule has 1 N–H and O–H groups in total. The molecule has 178 valence electrons. The lowest BCUT2D eigenvalue weighted by Crippen LogP contribution is -2.61. The number of aromatic nitrogens is 3. The van der Waals surface area contributed by atoms with Crippen LogP contribution in [-0.2, 0) is 7.05 Å². The van der Waals surface area contributed by atoms with E-state index in [1.54, 1.807) is 0 Å². The first-order chi connectivity index (χ1) is 16.1. The summed E-state index contributed by atoms with van der Waals surface area (Å²) in [7, 11) is 4.24. The van der Waals surface area contributed by atoms with Gasteiger partial charge in [0.05, 0.1) is 15.7 Å². The summed E-state index contributed by atoms with van der Waals surface area (Å²) in [4.78, 5) is 7.46. The number of anilines is 1. The van der Waals surface area contributed by atoms with Gasteiger partial charge in [0.1, 0.15) is 0 Å². The zero-order chi connectivity index (χ0) is 23.8. The largest absolute Gasteiger partial charge is 0.348 e. The number of fused-ring (bicyclic) bond motifs is 2. The summed E-state index contributed by atoms with van der Waals surface area (Å²) >= 11 is 1.82. The second kappa shape index (κ2) is 7.53. The average molecular weight is 474 g/mol. The molecule has 0 unspecified atom stereocenters. The number of piperidine rings is 1. The Morgan fingerprint density at radius 2 is 1.76 bits per heavy atom. The van der Waals surface area contributed by atoms with Crippen LogP contribution in [0.3, 0.4) is 0 Å². The lowest BCUT2D eigenvalue weighted by molar-refractivity contribution is 0.161. The molecule has 34 heavy (non-hydrogen) atoms. The van der Waals surface area contributed by atoms with Crippen molar-refractivity contribution in [1.29, 1.82) is 0 Å². The van der Waals surface area contributed by atoms with Crippen LogP contribution in [-0.4, -0.2) is 38.9 Å². The molecule has 1 aliphatic heterocycles. The summed E-state index contributed by atoms with van der Waals surface area (Å²) in [5.41, 5.74) is 6.46. The van der Waals surface area contributed by atoms with Gasteiger partial charge >= 0.3 is 0 Å². The monoisotopic (exact) mass is 473 g/mol. The standard InChI is InChI=1S/C28H35N5S/c1-27(2)14-21(15-28(3,4)31-27)33(6)26-29-23-10-9-18(13-24(23)34-26)19-11-20-16-32(5)30-25(20)22(12-19)17-7-8-17/h9-13,16-17,21,31H,7-8,14-15H2,1-6H3. The Kier molecular flexibility index (Phi) is 4.88. The third-order valence-corrected chi connectivity index (χ3v) is 8.61. The summed E-state index contributed by atoms with van der Waals surface area (Å²) < 4.78 is 3.20. The molecule has 1 saturated carbocycles. The molecule has 1 saturated heterocycles. The van der Waals surface area contributed by atoms with Gasteiger partial charge in [-0.05, 0) is 100 Å². The van der Waals surface area contributed by atoms with Crippen molar-refractivity contribution in [2.45, 2.75) is 76.4 Å². The molecule has 4 aromatic rings. The quantitative estimate of drug-likeness (QED) is 0.369. The van der Waals surface area contributed by atoms with Gasteiger partial charge < -0.3 is 10.2 Å². The van der Waals surface area contributed by atoms with E-state index in [9.17, 15) is 0 Å². The number of benzene rings is 2. The van der Waals surface area contributed by atoms with Crippen LogP contribution >= 0.6 is 11.3 Å². The van der Waals surface area contributed by atoms with Crippen molar-refractivity contribution in [2.75, 3.05) is 11.9 Å². The van der Waals surface area contributed by atoms with Crippen molar-refractivity contribution < 1.29 is 0 Å². The Hall–Kier alpha value is -2.44. The Bertz CT molecular complexity index is 1370. The van der Waals surface area contributed by atoms with Crippen molar-refractivity contribution in [3.63, 3.8) is 0 Å². The molecule has 6 heteroatoms. The minimum Gasteiger partial charge on any atom is -0.348 e. The van der Waals surface area contributed by atoms with E-state index in [0.717, 1.165) is 23.5 Å². The maximum Gasteiger partial charge on any atom is 0.186 e. The molecule has 2 aromatic heterocycles. The van der Waals surface area contributed by atoms with Crippen LogP contribution in [0.1, 0.15) is 64.9 Å². The molecule has 0 atom stereocenters. The first-order valence-electron chi connectivity index (χ1n) is 12.5. The minimum absolute atomic E-state index is 0.120. The molecule has 2 aliphatic rings. The molecular weight excluding hydrogens is 438 g/mol. The molecule has 3 heterocycles. The van der Waals surface area contributed by atoms with E-state index in [1.165, 1.54) is 45.1 Å². The number of hydrogen-bond donors (Lipinski definition) is 1. The van der Waals surface area contributed by atoms with E-state index >= 15 is 0 Å². The Labute approximate surface area is 206 Å². The number of nitrogens with zero attached hydrogens (tertiary/aromatic N) is 4. The summed E-state index contributed by atoms with van der Waals surface area (Å²) in [6.45, 7) is 9.26. The number of thiazole rings is 1. The third kappa shape index (κ3) is 4.01. The lowest BCUT2D eigenvalue weighted by Gasteiger charge is -2.48. The SMILES string of the molecule is CN(c1nc2ccc(-c3cc(C4CC4)c4nn(C)cc4c3)cc2s1)C1CC(C)(C)NC(C)(C)C1. The predicted molar refractivity (Wildman–Crippen MR) is 144 cm³/mol. The van der Waals surface area contributed by atoms with Crippen LogP contribution in [0.5, 0.6) is 0 Å². The second-order valence-corrected chi connectivity index (χ2v) is 12.8. The van der Waals surface area contributed by atoms with Crippen molar-refractivity contribution in [3.05, 3.63) is 42.1 Å². The van der Waals surface area contributed by atoms with Crippen LogP contribution in [0.25, 0.3) is 32.2 Å². The topological polar surface area (TPSA) is 46.0 Å². The van der Waals surface area contributed by atoms with Crippen molar-refractivity contribution >= 4 is 37.6 Å². The molecule has 2 aromatic carbocycles. The van der Waals surface area contributed by atoms with Crippen LogP contribution in [0.4, 0.5) is 5.13 Å². The van der Waals surface area contributed by atoms with Gasteiger partial charge in [-0.3, -0.25) is 4.68 Å². The van der Waals surface area contributed by atoms with Gasteiger partial charge in [-0.1, -0.05) is 17.4 Å². The van der Waals surface area contributed by atoms with Gasteiger partial charge in [0, 0.05) is 42.8 Å². The number of hydrogen-bond acceptors (Lipinski definition) is 5. The number of aryl methyl sites for hydroxylation is 1. The highest BCUT2D eigenvalue weighted by atomic mass is 32.1. The number of nitrogens with one attached hydrogen (secondary N) is 1. The van der Waals surface area contributed by atoms with Gasteiger partial charge in [0.2, 0.25) is 0 Å². The summed E-state index contributed by atoms with van der Waals surface area (Å²) in [5.74, 6) is 0.670. The molecule has 6 rings (SSSR count). The first kappa shape index (κ1) is 22.1. The highest BCUT2D eigenvalue weighted by molar-refractivity contribution is 7.22. The summed E-state index contributed by atoms with van der Waals surface area (Å²) in [6.07, 6.45) is 6.93. The maximum atomic E-state index is 5.04. The van der Waals surface area contributed by atoms with E-state index in [2.05, 4.69) is 81.5 Å². The second-order valence-electron chi connectivity index (χ2n) is 11.8. The molecule has 0 radical (unpaired) electrons. The van der Waals surface area contributed by atoms with Gasteiger partial charge in [-0.25, -0.2) is 4.98 Å². The summed E-state index contributed by atoms with van der Waals surface area (Å²) in [6, 6.07) is 11.9. The van der Waals surface area contributed by atoms with Gasteiger partial charge in [-0.15, -0.1) is 0 Å². The van der Waals surface area contributed by atoms with Gasteiger partial charge in [0.25, 0.3) is 0 Å². The van der Waals surface area contributed by atoms with Crippen molar-refractivity contribution in [3.8, 4) is 11.1 Å². The first-order valence-corrected chi connectivity index (χ1v) is 13.3. The fourth-order valence-corrected chi connectivity index (χ4v) is 7.13. The zero-order valence-corrected chi connectivity index (χ0v) is 22.0. The van der Waals surface area contributed by atoms with E-state index in [0.29, 0.717) is 12.0 Å². The number of rotatable bonds is 4. The van der Waals surface area contributed by atoms with E-state index in [1.807, 2.05) is 23.1 Å². The summed E-state index contributed by atoms with van der Waals surface area (Å²) in [5, 5.41) is 10.9. The molecule has 0 bridgehead atoms. The van der Waals surface area contributed by atoms with Crippen LogP contribution in [0.2, 0.25) is 0 Å². The fraction of sp³-hybridized carbons (Fsp3) is 0.500. The van der Waals surface area contributed by atoms with Crippen LogP contribution < -0.4 is 10.2 Å². The Morgan fingerprint density at radius 1 is 1.03 bits per heavy atom. The molecule has 1 aliphatic carbocycles. The Balaban J connectivity index is 1.35. The van der Waals surface area contributed by atoms with Crippen LogP contribution in [0, 0.1) is 0 Å². The maximum absolute atomic E-state index is 5.04. The molecule has 5 nitrogen and oxygen atoms in total. The average Bonchev–Trinajstić information content (AvgIpc) is 3.38. The predicted octanol–water partition coefficient (Wildman–Crippen LogP) is 6.47. The van der Waals surface area contributed by atoms with E-state index in [4.69, 9.17) is 10.1 Å². The van der Waals surface area contributed by atoms with E-state index in [-0.39, 0.29) is 11.1 Å². The molecule has 2 fully saturated rings. The van der Waals surface area contributed by atoms with Crippen molar-refractivity contribution in [2.24, 2.45) is 7.05 Å². The normalized spacial score (nSPS) is 20.3. The molecular formula is C28H35N5S. The highest BCUT2D eigenvalue weighted by Gasteiger charge is 2.39. The fourth-order valence-electron chi connectivity index (χ4n) is 6.10.